The maximum Gasteiger partial charge on any atom is 0.317 e. The summed E-state index contributed by atoms with van der Waals surface area (Å²) < 4.78 is 11.6. The fourth-order valence-electron chi connectivity index (χ4n) is 5.01. The maximum atomic E-state index is 13.6. The minimum atomic E-state index is -0.675. The highest BCUT2D eigenvalue weighted by molar-refractivity contribution is 5.91. The average molecular weight is 565 g/mol. The van der Waals surface area contributed by atoms with Gasteiger partial charge in [-0.1, -0.05) is 69.2 Å². The van der Waals surface area contributed by atoms with Gasteiger partial charge in [-0.3, -0.25) is 9.59 Å². The van der Waals surface area contributed by atoms with E-state index < -0.39 is 23.5 Å². The van der Waals surface area contributed by atoms with Crippen molar-refractivity contribution in [3.63, 3.8) is 0 Å². The minimum Gasteiger partial charge on any atom is -0.489 e. The number of esters is 1. The molecule has 0 radical (unpaired) electrons. The number of carbonyl (C=O) groups is 3. The first-order chi connectivity index (χ1) is 19.5. The van der Waals surface area contributed by atoms with Gasteiger partial charge in [0.1, 0.15) is 18.0 Å². The van der Waals surface area contributed by atoms with Crippen molar-refractivity contribution in [3.8, 4) is 5.75 Å². The first kappa shape index (κ1) is 32.2. The smallest absolute Gasteiger partial charge is 0.317 e. The molecular weight excluding hydrogens is 516 g/mol. The van der Waals surface area contributed by atoms with Gasteiger partial charge < -0.3 is 19.7 Å². The number of carbonyl (C=O) groups excluding carboxylic acids is 3. The predicted octanol–water partition coefficient (Wildman–Crippen LogP) is 6.73. The van der Waals surface area contributed by atoms with Crippen LogP contribution in [0.2, 0.25) is 0 Å². The molecule has 2 aromatic rings. The Kier molecular flexibility index (Phi) is 12.2. The van der Waals surface area contributed by atoms with Gasteiger partial charge in [0.25, 0.3) is 0 Å². The Morgan fingerprint density at radius 1 is 0.878 bits per heavy atom. The summed E-state index contributed by atoms with van der Waals surface area (Å²) in [7, 11) is 0. The molecule has 2 amide bonds. The molecule has 0 saturated carbocycles. The molecule has 1 aliphatic rings. The Balaban J connectivity index is 1.70. The van der Waals surface area contributed by atoms with E-state index in [0.717, 1.165) is 42.6 Å². The molecule has 0 unspecified atom stereocenters. The van der Waals surface area contributed by atoms with Crippen molar-refractivity contribution in [2.24, 2.45) is 11.8 Å². The summed E-state index contributed by atoms with van der Waals surface area (Å²) in [5.74, 6) is -0.270. The van der Waals surface area contributed by atoms with Crippen LogP contribution in [-0.4, -0.2) is 47.4 Å². The zero-order chi connectivity index (χ0) is 29.8. The van der Waals surface area contributed by atoms with Crippen LogP contribution in [0.4, 0.5) is 4.79 Å². The molecule has 0 aliphatic carbocycles. The lowest BCUT2D eigenvalue weighted by Crippen LogP contribution is -2.49. The molecule has 1 heterocycles. The van der Waals surface area contributed by atoms with Gasteiger partial charge in [-0.2, -0.15) is 0 Å². The van der Waals surface area contributed by atoms with Gasteiger partial charge in [0.05, 0.1) is 12.0 Å². The van der Waals surface area contributed by atoms with Crippen LogP contribution in [0.1, 0.15) is 84.3 Å². The van der Waals surface area contributed by atoms with E-state index in [1.165, 1.54) is 0 Å². The fraction of sp³-hybridized carbons (Fsp3) is 0.559. The number of hydrogen-bond donors (Lipinski definition) is 1. The van der Waals surface area contributed by atoms with Crippen LogP contribution < -0.4 is 10.1 Å². The summed E-state index contributed by atoms with van der Waals surface area (Å²) >= 11 is 0. The third kappa shape index (κ3) is 11.6. The van der Waals surface area contributed by atoms with E-state index in [1.807, 2.05) is 94.1 Å². The minimum absolute atomic E-state index is 0.00115. The lowest BCUT2D eigenvalue weighted by atomic mass is 9.89. The molecule has 3 rings (SSSR count). The van der Waals surface area contributed by atoms with E-state index in [9.17, 15) is 14.4 Å². The molecule has 1 fully saturated rings. The number of nitrogens with one attached hydrogen (secondary N) is 1. The monoisotopic (exact) mass is 564 g/mol. The van der Waals surface area contributed by atoms with Gasteiger partial charge >= 0.3 is 12.0 Å². The molecule has 2 aromatic carbocycles. The quantitative estimate of drug-likeness (QED) is 0.289. The zero-order valence-corrected chi connectivity index (χ0v) is 25.5. The molecule has 2 atom stereocenters. The number of rotatable bonds is 12. The standard InChI is InChI=1S/C34H48N2O5/c1-25(2)21-30(35-33(39)36-19-11-6-7-12-20-36)31(37)23-28(32(38)41-34(3,4)5)22-26-15-17-29(18-16-26)40-24-27-13-9-8-10-14-27/h8-10,13-18,25,28,30H,6-7,11-12,19-24H2,1-5H3,(H,35,39)/t28-,30+/m1/s1. The number of benzene rings is 2. The van der Waals surface area contributed by atoms with Gasteiger partial charge in [-0.25, -0.2) is 4.79 Å². The molecule has 7 heteroatoms. The highest BCUT2D eigenvalue weighted by Gasteiger charge is 2.32. The molecule has 7 nitrogen and oxygen atoms in total. The molecule has 1 aliphatic heterocycles. The number of hydrogen-bond acceptors (Lipinski definition) is 5. The Hall–Kier alpha value is -3.35. The normalized spacial score (nSPS) is 15.5. The number of Topliss-reactive ketones (excluding diaryl/α,β-unsaturated/α-hetero) is 1. The number of ketones is 1. The SMILES string of the molecule is CC(C)C[C@H](NC(=O)N1CCCCCC1)C(=O)C[C@@H](Cc1ccc(OCc2ccccc2)cc1)C(=O)OC(C)(C)C. The van der Waals surface area contributed by atoms with Crippen molar-refractivity contribution < 1.29 is 23.9 Å². The highest BCUT2D eigenvalue weighted by atomic mass is 16.6. The largest absolute Gasteiger partial charge is 0.489 e. The van der Waals surface area contributed by atoms with Crippen molar-refractivity contribution in [2.45, 2.75) is 97.8 Å². The first-order valence-electron chi connectivity index (χ1n) is 15.1. The van der Waals surface area contributed by atoms with E-state index in [2.05, 4.69) is 5.32 Å². The summed E-state index contributed by atoms with van der Waals surface area (Å²) in [5, 5.41) is 3.01. The third-order valence-corrected chi connectivity index (χ3v) is 7.13. The zero-order valence-electron chi connectivity index (χ0n) is 25.5. The number of likely N-dealkylation sites (tertiary alicyclic amines) is 1. The molecule has 224 valence electrons. The third-order valence-electron chi connectivity index (χ3n) is 7.13. The van der Waals surface area contributed by atoms with Gasteiger partial charge in [-0.15, -0.1) is 0 Å². The van der Waals surface area contributed by atoms with E-state index in [1.54, 1.807) is 0 Å². The lowest BCUT2D eigenvalue weighted by Gasteiger charge is -2.28. The van der Waals surface area contributed by atoms with Gasteiger partial charge in [0.2, 0.25) is 0 Å². The van der Waals surface area contributed by atoms with Crippen LogP contribution in [0.25, 0.3) is 0 Å². The first-order valence-corrected chi connectivity index (χ1v) is 15.1. The van der Waals surface area contributed by atoms with E-state index in [4.69, 9.17) is 9.47 Å². The Bertz CT molecular complexity index is 1100. The van der Waals surface area contributed by atoms with Crippen LogP contribution in [0.5, 0.6) is 5.75 Å². The number of amides is 2. The Morgan fingerprint density at radius 3 is 2.10 bits per heavy atom. The second kappa shape index (κ2) is 15.6. The average Bonchev–Trinajstić information content (AvgIpc) is 3.21. The molecule has 0 spiro atoms. The summed E-state index contributed by atoms with van der Waals surface area (Å²) in [4.78, 5) is 41.8. The van der Waals surface area contributed by atoms with E-state index in [0.29, 0.717) is 32.5 Å². The Labute approximate surface area is 246 Å². The summed E-state index contributed by atoms with van der Waals surface area (Å²) in [6.07, 6.45) is 5.07. The summed E-state index contributed by atoms with van der Waals surface area (Å²) in [6, 6.07) is 16.7. The van der Waals surface area contributed by atoms with Crippen molar-refractivity contribution in [3.05, 3.63) is 65.7 Å². The van der Waals surface area contributed by atoms with Gasteiger partial charge in [-0.05, 0) is 75.6 Å². The molecule has 41 heavy (non-hydrogen) atoms. The van der Waals surface area contributed by atoms with Crippen LogP contribution in [0, 0.1) is 11.8 Å². The molecule has 1 saturated heterocycles. The lowest BCUT2D eigenvalue weighted by molar-refractivity contribution is -0.161. The van der Waals surface area contributed by atoms with Crippen molar-refractivity contribution >= 4 is 17.8 Å². The van der Waals surface area contributed by atoms with Gasteiger partial charge in [0.15, 0.2) is 5.78 Å². The van der Waals surface area contributed by atoms with Crippen molar-refractivity contribution in [2.75, 3.05) is 13.1 Å². The molecule has 1 N–H and O–H groups in total. The maximum absolute atomic E-state index is 13.6. The van der Waals surface area contributed by atoms with Gasteiger partial charge in [0, 0.05) is 19.5 Å². The number of ether oxygens (including phenoxy) is 2. The van der Waals surface area contributed by atoms with Crippen LogP contribution in [0.15, 0.2) is 54.6 Å². The molecule has 0 aromatic heterocycles. The number of nitrogens with zero attached hydrogens (tertiary/aromatic N) is 1. The topological polar surface area (TPSA) is 84.9 Å². The van der Waals surface area contributed by atoms with E-state index >= 15 is 0 Å². The van der Waals surface area contributed by atoms with Crippen LogP contribution in [-0.2, 0) is 27.4 Å². The van der Waals surface area contributed by atoms with Crippen molar-refractivity contribution in [1.82, 2.24) is 10.2 Å². The summed E-state index contributed by atoms with van der Waals surface area (Å²) in [5.41, 5.74) is 1.32. The van der Waals surface area contributed by atoms with E-state index in [-0.39, 0.29) is 24.2 Å². The summed E-state index contributed by atoms with van der Waals surface area (Å²) in [6.45, 7) is 11.4. The second-order valence-corrected chi connectivity index (χ2v) is 12.6. The fourth-order valence-corrected chi connectivity index (χ4v) is 5.01. The second-order valence-electron chi connectivity index (χ2n) is 12.6. The molecular formula is C34H48N2O5. The van der Waals surface area contributed by atoms with Crippen LogP contribution in [0.3, 0.4) is 0 Å². The predicted molar refractivity (Wildman–Crippen MR) is 162 cm³/mol. The Morgan fingerprint density at radius 2 is 1.51 bits per heavy atom. The number of urea groups is 1. The highest BCUT2D eigenvalue weighted by Crippen LogP contribution is 2.23. The molecule has 0 bridgehead atoms. The van der Waals surface area contributed by atoms with Crippen LogP contribution >= 0.6 is 0 Å². The van der Waals surface area contributed by atoms with Crippen molar-refractivity contribution in [1.29, 1.82) is 0 Å².